The van der Waals surface area contributed by atoms with Crippen LogP contribution >= 0.6 is 0 Å². The third-order valence-corrected chi connectivity index (χ3v) is 3.36. The summed E-state index contributed by atoms with van der Waals surface area (Å²) in [6, 6.07) is 0. The van der Waals surface area contributed by atoms with Crippen molar-refractivity contribution in [3.63, 3.8) is 0 Å². The molecule has 2 heteroatoms. The molecule has 0 aromatic rings. The zero-order valence-corrected chi connectivity index (χ0v) is 9.33. The van der Waals surface area contributed by atoms with Crippen LogP contribution in [-0.2, 0) is 0 Å². The maximum absolute atomic E-state index is 9.13. The van der Waals surface area contributed by atoms with E-state index in [0.29, 0.717) is 5.76 Å². The molecule has 0 spiro atoms. The average Bonchev–Trinajstić information content (AvgIpc) is 2.08. The first-order valence-corrected chi connectivity index (χ1v) is 5.41. The standard InChI is InChI=1S/C10H16OSe/c1-2-3-6-10(12)7-4-9(11)5-8-10/h4-5,7,11-12H,2-3,6,8H2,1H3. The third-order valence-electron chi connectivity index (χ3n) is 2.19. The molecule has 1 N–H and O–H groups in total. The molecule has 1 aliphatic rings. The van der Waals surface area contributed by atoms with Gasteiger partial charge >= 0.3 is 82.0 Å². The van der Waals surface area contributed by atoms with Gasteiger partial charge in [0.25, 0.3) is 0 Å². The molecule has 1 nitrogen and oxygen atoms in total. The van der Waals surface area contributed by atoms with Crippen molar-refractivity contribution in [2.75, 3.05) is 0 Å². The second-order valence-electron chi connectivity index (χ2n) is 3.37. The van der Waals surface area contributed by atoms with Crippen molar-refractivity contribution in [1.29, 1.82) is 0 Å². The molecule has 0 bridgehead atoms. The van der Waals surface area contributed by atoms with Crippen LogP contribution in [0.4, 0.5) is 0 Å². The second-order valence-corrected chi connectivity index (χ2v) is 5.24. The van der Waals surface area contributed by atoms with Gasteiger partial charge in [0, 0.05) is 0 Å². The fourth-order valence-electron chi connectivity index (χ4n) is 1.33. The predicted molar refractivity (Wildman–Crippen MR) is 53.8 cm³/mol. The Balaban J connectivity index is 2.47. The van der Waals surface area contributed by atoms with Gasteiger partial charge in [0.1, 0.15) is 0 Å². The molecule has 1 atom stereocenters. The average molecular weight is 231 g/mol. The van der Waals surface area contributed by atoms with Gasteiger partial charge in [0.2, 0.25) is 0 Å². The van der Waals surface area contributed by atoms with Gasteiger partial charge in [-0.05, 0) is 0 Å². The number of hydrogen-bond acceptors (Lipinski definition) is 1. The number of aliphatic hydroxyl groups excluding tert-OH is 1. The molecule has 0 amide bonds. The zero-order chi connectivity index (χ0) is 9.03. The third kappa shape index (κ3) is 2.69. The van der Waals surface area contributed by atoms with Crippen molar-refractivity contribution in [1.82, 2.24) is 0 Å². The van der Waals surface area contributed by atoms with E-state index in [1.807, 2.05) is 6.08 Å². The van der Waals surface area contributed by atoms with E-state index in [-0.39, 0.29) is 4.31 Å². The first-order chi connectivity index (χ1) is 5.66. The minimum absolute atomic E-state index is 0.231. The summed E-state index contributed by atoms with van der Waals surface area (Å²) in [4.78, 5) is 0. The van der Waals surface area contributed by atoms with Crippen LogP contribution in [0, 0.1) is 0 Å². The van der Waals surface area contributed by atoms with Crippen LogP contribution < -0.4 is 0 Å². The Kier molecular flexibility index (Phi) is 3.42. The summed E-state index contributed by atoms with van der Waals surface area (Å²) in [5.74, 6) is 0.410. The Morgan fingerprint density at radius 1 is 1.67 bits per heavy atom. The van der Waals surface area contributed by atoms with E-state index in [4.69, 9.17) is 5.11 Å². The molecule has 0 saturated heterocycles. The van der Waals surface area contributed by atoms with Crippen molar-refractivity contribution < 1.29 is 5.11 Å². The quantitative estimate of drug-likeness (QED) is 0.740. The number of rotatable bonds is 3. The number of aliphatic hydroxyl groups is 1. The summed E-state index contributed by atoms with van der Waals surface area (Å²) >= 11 is 2.73. The van der Waals surface area contributed by atoms with Crippen LogP contribution in [0.5, 0.6) is 0 Å². The number of hydrogen-bond donors (Lipinski definition) is 1. The van der Waals surface area contributed by atoms with E-state index in [1.54, 1.807) is 6.08 Å². The van der Waals surface area contributed by atoms with Gasteiger partial charge in [-0.1, -0.05) is 0 Å². The van der Waals surface area contributed by atoms with Crippen LogP contribution in [-0.4, -0.2) is 21.1 Å². The summed E-state index contributed by atoms with van der Waals surface area (Å²) in [5, 5.41) is 9.13. The van der Waals surface area contributed by atoms with Gasteiger partial charge < -0.3 is 0 Å². The first-order valence-electron chi connectivity index (χ1n) is 4.47. The van der Waals surface area contributed by atoms with E-state index in [1.165, 1.54) is 19.3 Å². The minimum atomic E-state index is 0.231. The first kappa shape index (κ1) is 9.88. The molecule has 0 heterocycles. The maximum atomic E-state index is 9.13. The SMILES string of the molecule is CCCCC1([SeH])C=CC(O)=CC1. The summed E-state index contributed by atoms with van der Waals surface area (Å²) in [5.41, 5.74) is 0. The molecule has 0 radical (unpaired) electrons. The molecule has 0 aromatic carbocycles. The Labute approximate surface area is 82.4 Å². The van der Waals surface area contributed by atoms with Crippen LogP contribution in [0.25, 0.3) is 0 Å². The van der Waals surface area contributed by atoms with E-state index in [0.717, 1.165) is 6.42 Å². The molecule has 1 aliphatic carbocycles. The predicted octanol–water partition coefficient (Wildman–Crippen LogP) is 2.64. The Bertz CT molecular complexity index is 208. The summed E-state index contributed by atoms with van der Waals surface area (Å²) in [6.45, 7) is 2.20. The van der Waals surface area contributed by atoms with E-state index >= 15 is 0 Å². The normalized spacial score (nSPS) is 28.7. The summed E-state index contributed by atoms with van der Waals surface area (Å²) < 4.78 is 0.231. The van der Waals surface area contributed by atoms with Crippen molar-refractivity contribution in [2.24, 2.45) is 0 Å². The zero-order valence-electron chi connectivity index (χ0n) is 7.45. The molecule has 0 saturated carbocycles. The Morgan fingerprint density at radius 2 is 2.42 bits per heavy atom. The fourth-order valence-corrected chi connectivity index (χ4v) is 2.01. The van der Waals surface area contributed by atoms with Crippen LogP contribution in [0.15, 0.2) is 24.0 Å². The van der Waals surface area contributed by atoms with Gasteiger partial charge in [-0.15, -0.1) is 0 Å². The topological polar surface area (TPSA) is 20.2 Å². The molecule has 1 rings (SSSR count). The van der Waals surface area contributed by atoms with Gasteiger partial charge in [-0.2, -0.15) is 0 Å². The van der Waals surface area contributed by atoms with Crippen molar-refractivity contribution >= 4 is 16.0 Å². The molecule has 1 unspecified atom stereocenters. The number of unbranched alkanes of at least 4 members (excludes halogenated alkanes) is 1. The molecular weight excluding hydrogens is 215 g/mol. The van der Waals surface area contributed by atoms with Crippen LogP contribution in [0.2, 0.25) is 4.31 Å². The van der Waals surface area contributed by atoms with Gasteiger partial charge in [0.05, 0.1) is 0 Å². The Morgan fingerprint density at radius 3 is 2.92 bits per heavy atom. The van der Waals surface area contributed by atoms with E-state index in [9.17, 15) is 0 Å². The van der Waals surface area contributed by atoms with E-state index in [2.05, 4.69) is 29.0 Å². The van der Waals surface area contributed by atoms with Gasteiger partial charge in [-0.25, -0.2) is 0 Å². The Hall–Kier alpha value is -0.201. The van der Waals surface area contributed by atoms with Crippen molar-refractivity contribution in [2.45, 2.75) is 36.9 Å². The molecule has 0 fully saturated rings. The molecule has 12 heavy (non-hydrogen) atoms. The summed E-state index contributed by atoms with van der Waals surface area (Å²) in [7, 11) is 0. The van der Waals surface area contributed by atoms with Crippen molar-refractivity contribution in [3.05, 3.63) is 24.0 Å². The van der Waals surface area contributed by atoms with E-state index < -0.39 is 0 Å². The van der Waals surface area contributed by atoms with Crippen molar-refractivity contribution in [3.8, 4) is 0 Å². The van der Waals surface area contributed by atoms with Crippen LogP contribution in [0.3, 0.4) is 0 Å². The fraction of sp³-hybridized carbons (Fsp3) is 0.600. The second kappa shape index (κ2) is 4.15. The molecular formula is C10H16OSe. The van der Waals surface area contributed by atoms with Crippen LogP contribution in [0.1, 0.15) is 32.6 Å². The number of allylic oxidation sites excluding steroid dienone is 3. The molecule has 0 aromatic heterocycles. The summed E-state index contributed by atoms with van der Waals surface area (Å²) in [6.07, 6.45) is 10.5. The van der Waals surface area contributed by atoms with Gasteiger partial charge in [0.15, 0.2) is 0 Å². The molecule has 0 aliphatic heterocycles. The monoisotopic (exact) mass is 232 g/mol. The molecule has 68 valence electrons. The van der Waals surface area contributed by atoms with Gasteiger partial charge in [-0.3, -0.25) is 0 Å².